The van der Waals surface area contributed by atoms with Crippen LogP contribution in [0.3, 0.4) is 0 Å². The zero-order valence-corrected chi connectivity index (χ0v) is 13.7. The van der Waals surface area contributed by atoms with Crippen molar-refractivity contribution in [3.63, 3.8) is 0 Å². The van der Waals surface area contributed by atoms with Crippen LogP contribution in [0.25, 0.3) is 0 Å². The fourth-order valence-electron chi connectivity index (χ4n) is 2.63. The molecule has 130 valence electrons. The number of hydrogen-bond donors (Lipinski definition) is 1. The first-order valence-corrected chi connectivity index (χ1v) is 8.03. The second kappa shape index (κ2) is 7.65. The third-order valence-electron chi connectivity index (χ3n) is 4.04. The summed E-state index contributed by atoms with van der Waals surface area (Å²) in [7, 11) is 0. The Morgan fingerprint density at radius 2 is 1.76 bits per heavy atom. The topological polar surface area (TPSA) is 83.0 Å². The smallest absolute Gasteiger partial charge is 0.338 e. The van der Waals surface area contributed by atoms with Gasteiger partial charge in [0.05, 0.1) is 5.56 Å². The van der Waals surface area contributed by atoms with Gasteiger partial charge in [0.1, 0.15) is 11.6 Å². The number of aromatic hydroxyl groups is 1. The Balaban J connectivity index is 1.46. The van der Waals surface area contributed by atoms with E-state index in [4.69, 9.17) is 4.74 Å². The summed E-state index contributed by atoms with van der Waals surface area (Å²) in [4.78, 5) is 32.2. The average molecular weight is 341 g/mol. The molecule has 0 saturated carbocycles. The normalized spacial score (nSPS) is 14.2. The molecule has 2 heterocycles. The molecule has 2 aromatic rings. The van der Waals surface area contributed by atoms with E-state index in [1.54, 1.807) is 11.1 Å². The lowest BCUT2D eigenvalue weighted by atomic mass is 10.2. The summed E-state index contributed by atoms with van der Waals surface area (Å²) in [5.74, 6) is 0.167. The Morgan fingerprint density at radius 3 is 2.40 bits per heavy atom. The van der Waals surface area contributed by atoms with Crippen molar-refractivity contribution in [1.82, 2.24) is 9.88 Å². The average Bonchev–Trinajstić information content (AvgIpc) is 2.67. The first kappa shape index (κ1) is 16.8. The predicted molar refractivity (Wildman–Crippen MR) is 91.4 cm³/mol. The van der Waals surface area contributed by atoms with E-state index >= 15 is 0 Å². The van der Waals surface area contributed by atoms with Crippen LogP contribution in [-0.4, -0.2) is 59.7 Å². The van der Waals surface area contributed by atoms with E-state index in [1.165, 1.54) is 24.3 Å². The van der Waals surface area contributed by atoms with Gasteiger partial charge in [0.2, 0.25) is 0 Å². The summed E-state index contributed by atoms with van der Waals surface area (Å²) in [5, 5.41) is 9.21. The van der Waals surface area contributed by atoms with Crippen LogP contribution in [0.2, 0.25) is 0 Å². The monoisotopic (exact) mass is 341 g/mol. The highest BCUT2D eigenvalue weighted by Crippen LogP contribution is 2.13. The van der Waals surface area contributed by atoms with Crippen LogP contribution in [-0.2, 0) is 9.53 Å². The molecule has 1 saturated heterocycles. The maximum absolute atomic E-state index is 12.2. The van der Waals surface area contributed by atoms with Gasteiger partial charge in [0.15, 0.2) is 6.61 Å². The van der Waals surface area contributed by atoms with Crippen molar-refractivity contribution in [2.45, 2.75) is 0 Å². The van der Waals surface area contributed by atoms with E-state index < -0.39 is 5.97 Å². The van der Waals surface area contributed by atoms with Gasteiger partial charge in [-0.15, -0.1) is 0 Å². The minimum absolute atomic E-state index is 0.0680. The molecule has 7 nitrogen and oxygen atoms in total. The summed E-state index contributed by atoms with van der Waals surface area (Å²) in [6, 6.07) is 11.4. The summed E-state index contributed by atoms with van der Waals surface area (Å²) in [6.45, 7) is 2.21. The number of rotatable bonds is 4. The summed E-state index contributed by atoms with van der Waals surface area (Å²) >= 11 is 0. The van der Waals surface area contributed by atoms with Gasteiger partial charge in [-0.05, 0) is 36.4 Å². The molecule has 0 atom stereocenters. The highest BCUT2D eigenvalue weighted by molar-refractivity contribution is 5.91. The van der Waals surface area contributed by atoms with E-state index in [-0.39, 0.29) is 18.3 Å². The quantitative estimate of drug-likeness (QED) is 0.844. The third kappa shape index (κ3) is 4.26. The molecule has 0 unspecified atom stereocenters. The van der Waals surface area contributed by atoms with E-state index in [0.717, 1.165) is 5.82 Å². The Bertz CT molecular complexity index is 726. The first-order valence-electron chi connectivity index (χ1n) is 8.03. The van der Waals surface area contributed by atoms with Gasteiger partial charge >= 0.3 is 5.97 Å². The lowest BCUT2D eigenvalue weighted by molar-refractivity contribution is -0.134. The maximum atomic E-state index is 12.2. The molecule has 1 fully saturated rings. The third-order valence-corrected chi connectivity index (χ3v) is 4.04. The highest BCUT2D eigenvalue weighted by atomic mass is 16.5. The van der Waals surface area contributed by atoms with Crippen molar-refractivity contribution in [3.8, 4) is 5.75 Å². The first-order chi connectivity index (χ1) is 12.1. The number of nitrogens with zero attached hydrogens (tertiary/aromatic N) is 3. The van der Waals surface area contributed by atoms with Gasteiger partial charge in [-0.2, -0.15) is 0 Å². The summed E-state index contributed by atoms with van der Waals surface area (Å²) < 4.78 is 5.06. The van der Waals surface area contributed by atoms with Gasteiger partial charge < -0.3 is 19.6 Å². The number of aromatic nitrogens is 1. The molecule has 7 heteroatoms. The number of phenolic OH excluding ortho intramolecular Hbond substituents is 1. The Labute approximate surface area is 145 Å². The van der Waals surface area contributed by atoms with Crippen LogP contribution in [0.4, 0.5) is 5.82 Å². The van der Waals surface area contributed by atoms with Gasteiger partial charge in [-0.3, -0.25) is 4.79 Å². The van der Waals surface area contributed by atoms with Crippen molar-refractivity contribution >= 4 is 17.7 Å². The van der Waals surface area contributed by atoms with E-state index in [0.29, 0.717) is 31.7 Å². The zero-order valence-electron chi connectivity index (χ0n) is 13.7. The molecule has 1 amide bonds. The van der Waals surface area contributed by atoms with Crippen LogP contribution in [0.5, 0.6) is 5.75 Å². The number of esters is 1. The number of anilines is 1. The van der Waals surface area contributed by atoms with Gasteiger partial charge in [-0.1, -0.05) is 6.07 Å². The molecule has 1 N–H and O–H groups in total. The number of piperazine rings is 1. The molecule has 1 aliphatic rings. The van der Waals surface area contributed by atoms with Crippen LogP contribution < -0.4 is 4.90 Å². The molecule has 1 aliphatic heterocycles. The number of pyridine rings is 1. The lowest BCUT2D eigenvalue weighted by Crippen LogP contribution is -2.50. The largest absolute Gasteiger partial charge is 0.508 e. The highest BCUT2D eigenvalue weighted by Gasteiger charge is 2.22. The number of benzene rings is 1. The van der Waals surface area contributed by atoms with Crippen LogP contribution in [0.15, 0.2) is 48.7 Å². The van der Waals surface area contributed by atoms with Crippen LogP contribution >= 0.6 is 0 Å². The van der Waals surface area contributed by atoms with Crippen LogP contribution in [0.1, 0.15) is 10.4 Å². The van der Waals surface area contributed by atoms with Crippen molar-refractivity contribution in [2.24, 2.45) is 0 Å². The Hall–Kier alpha value is -3.09. The maximum Gasteiger partial charge on any atom is 0.338 e. The number of carbonyl (C=O) groups excluding carboxylic acids is 2. The van der Waals surface area contributed by atoms with Crippen molar-refractivity contribution in [3.05, 3.63) is 54.2 Å². The molecule has 1 aromatic heterocycles. The number of hydrogen-bond acceptors (Lipinski definition) is 6. The fraction of sp³-hybridized carbons (Fsp3) is 0.278. The number of carbonyl (C=O) groups is 2. The van der Waals surface area contributed by atoms with Gasteiger partial charge in [0.25, 0.3) is 5.91 Å². The molecule has 1 aromatic carbocycles. The van der Waals surface area contributed by atoms with E-state index in [1.807, 2.05) is 18.2 Å². The number of ether oxygens (including phenoxy) is 1. The minimum Gasteiger partial charge on any atom is -0.508 e. The molecular formula is C18H19N3O4. The minimum atomic E-state index is -0.583. The SMILES string of the molecule is O=C(OCC(=O)N1CCN(c2ccccn2)CC1)c1ccc(O)cc1. The molecule has 3 rings (SSSR count). The molecule has 25 heavy (non-hydrogen) atoms. The Morgan fingerprint density at radius 1 is 1.04 bits per heavy atom. The van der Waals surface area contributed by atoms with E-state index in [2.05, 4.69) is 9.88 Å². The van der Waals surface area contributed by atoms with Crippen molar-refractivity contribution < 1.29 is 19.4 Å². The second-order valence-corrected chi connectivity index (χ2v) is 5.68. The van der Waals surface area contributed by atoms with Crippen molar-refractivity contribution in [1.29, 1.82) is 0 Å². The zero-order chi connectivity index (χ0) is 17.6. The molecule has 0 radical (unpaired) electrons. The standard InChI is InChI=1S/C18H19N3O4/c22-15-6-4-14(5-7-15)18(24)25-13-17(23)21-11-9-20(10-12-21)16-3-1-2-8-19-16/h1-8,22H,9-13H2. The molecule has 0 spiro atoms. The number of phenols is 1. The van der Waals surface area contributed by atoms with Crippen LogP contribution in [0, 0.1) is 0 Å². The lowest BCUT2D eigenvalue weighted by Gasteiger charge is -2.35. The van der Waals surface area contributed by atoms with Gasteiger partial charge in [0, 0.05) is 32.4 Å². The number of amides is 1. The Kier molecular flexibility index (Phi) is 5.13. The summed E-state index contributed by atoms with van der Waals surface area (Å²) in [6.07, 6.45) is 1.75. The summed E-state index contributed by atoms with van der Waals surface area (Å²) in [5.41, 5.74) is 0.297. The van der Waals surface area contributed by atoms with Gasteiger partial charge in [-0.25, -0.2) is 9.78 Å². The fourth-order valence-corrected chi connectivity index (χ4v) is 2.63. The molecule has 0 aliphatic carbocycles. The molecule has 0 bridgehead atoms. The predicted octanol–water partition coefficient (Wildman–Crippen LogP) is 1.29. The molecular weight excluding hydrogens is 322 g/mol. The second-order valence-electron chi connectivity index (χ2n) is 5.68. The van der Waals surface area contributed by atoms with E-state index in [9.17, 15) is 14.7 Å². The van der Waals surface area contributed by atoms with Crippen molar-refractivity contribution in [2.75, 3.05) is 37.7 Å².